The van der Waals surface area contributed by atoms with Crippen LogP contribution in [0, 0.1) is 0 Å². The predicted octanol–water partition coefficient (Wildman–Crippen LogP) is 2.88. The Kier molecular flexibility index (Phi) is 5.85. The Hall–Kier alpha value is -0.540. The first-order valence-corrected chi connectivity index (χ1v) is 6.48. The molecule has 3 nitrogen and oxygen atoms in total. The lowest BCUT2D eigenvalue weighted by atomic mass is 10.1. The third-order valence-electron chi connectivity index (χ3n) is 2.96. The summed E-state index contributed by atoms with van der Waals surface area (Å²) in [6, 6.07) is 0.570. The van der Waals surface area contributed by atoms with Crippen LogP contribution in [0.1, 0.15) is 38.8 Å². The Balaban J connectivity index is 2.60. The molecule has 0 aliphatic carbocycles. The number of nitrogens with zero attached hydrogens (tertiary/aromatic N) is 2. The van der Waals surface area contributed by atoms with Gasteiger partial charge in [0.1, 0.15) is 0 Å². The Morgan fingerprint density at radius 2 is 2.25 bits per heavy atom. The largest absolute Gasteiger partial charge is 0.317 e. The van der Waals surface area contributed by atoms with E-state index >= 15 is 0 Å². The average molecular weight is 244 g/mol. The van der Waals surface area contributed by atoms with Crippen molar-refractivity contribution in [2.45, 2.75) is 52.1 Å². The molecule has 1 heterocycles. The van der Waals surface area contributed by atoms with Gasteiger partial charge >= 0.3 is 0 Å². The van der Waals surface area contributed by atoms with E-state index in [0.717, 1.165) is 37.3 Å². The molecule has 1 unspecified atom stereocenters. The zero-order chi connectivity index (χ0) is 12.0. The molecule has 0 saturated heterocycles. The molecule has 1 atom stereocenters. The van der Waals surface area contributed by atoms with Crippen LogP contribution in [-0.2, 0) is 13.0 Å². The smallest absolute Gasteiger partial charge is 0.0817 e. The second-order valence-corrected chi connectivity index (χ2v) is 4.50. The molecule has 0 saturated carbocycles. The third-order valence-corrected chi connectivity index (χ3v) is 3.28. The van der Waals surface area contributed by atoms with Crippen molar-refractivity contribution in [3.63, 3.8) is 0 Å². The number of halogens is 1. The summed E-state index contributed by atoms with van der Waals surface area (Å²) in [5.41, 5.74) is 1.18. The summed E-state index contributed by atoms with van der Waals surface area (Å²) in [4.78, 5) is 0. The minimum atomic E-state index is 0.570. The quantitative estimate of drug-likeness (QED) is 0.798. The van der Waals surface area contributed by atoms with Gasteiger partial charge in [-0.15, -0.1) is 0 Å². The van der Waals surface area contributed by atoms with Crippen molar-refractivity contribution >= 4 is 11.6 Å². The molecule has 4 heteroatoms. The maximum Gasteiger partial charge on any atom is 0.0817 e. The molecule has 0 radical (unpaired) electrons. The van der Waals surface area contributed by atoms with E-state index in [9.17, 15) is 0 Å². The van der Waals surface area contributed by atoms with Crippen LogP contribution in [-0.4, -0.2) is 22.9 Å². The van der Waals surface area contributed by atoms with Crippen molar-refractivity contribution in [1.82, 2.24) is 15.1 Å². The summed E-state index contributed by atoms with van der Waals surface area (Å²) in [5, 5.41) is 8.42. The highest BCUT2D eigenvalue weighted by Gasteiger charge is 2.11. The Bertz CT molecular complexity index is 305. The first-order valence-electron chi connectivity index (χ1n) is 6.10. The van der Waals surface area contributed by atoms with Crippen molar-refractivity contribution < 1.29 is 0 Å². The number of aromatic nitrogens is 2. The Labute approximate surface area is 103 Å². The Morgan fingerprint density at radius 3 is 2.81 bits per heavy atom. The van der Waals surface area contributed by atoms with E-state index in [2.05, 4.69) is 24.3 Å². The minimum absolute atomic E-state index is 0.570. The van der Waals surface area contributed by atoms with Crippen molar-refractivity contribution in [2.75, 3.05) is 7.05 Å². The minimum Gasteiger partial charge on any atom is -0.317 e. The van der Waals surface area contributed by atoms with E-state index in [0.29, 0.717) is 6.04 Å². The second kappa shape index (κ2) is 6.92. The number of aryl methyl sites for hydroxylation is 1. The van der Waals surface area contributed by atoms with Crippen LogP contribution in [0.25, 0.3) is 0 Å². The van der Waals surface area contributed by atoms with Crippen LogP contribution in [0.5, 0.6) is 0 Å². The monoisotopic (exact) mass is 243 g/mol. The fourth-order valence-corrected chi connectivity index (χ4v) is 2.14. The molecule has 1 aromatic rings. The molecular formula is C12H22ClN3. The molecule has 0 aliphatic heterocycles. The van der Waals surface area contributed by atoms with Crippen LogP contribution in [0.4, 0.5) is 0 Å². The van der Waals surface area contributed by atoms with Crippen molar-refractivity contribution in [1.29, 1.82) is 0 Å². The van der Waals surface area contributed by atoms with E-state index in [-0.39, 0.29) is 0 Å². The number of rotatable bonds is 7. The van der Waals surface area contributed by atoms with Gasteiger partial charge in [-0.1, -0.05) is 25.4 Å². The molecule has 0 aromatic carbocycles. The first-order chi connectivity index (χ1) is 7.72. The molecule has 92 valence electrons. The highest BCUT2D eigenvalue weighted by molar-refractivity contribution is 6.31. The molecule has 16 heavy (non-hydrogen) atoms. The average Bonchev–Trinajstić information content (AvgIpc) is 2.63. The van der Waals surface area contributed by atoms with Gasteiger partial charge in [-0.25, -0.2) is 0 Å². The fourth-order valence-electron chi connectivity index (χ4n) is 1.90. The Morgan fingerprint density at radius 1 is 1.50 bits per heavy atom. The van der Waals surface area contributed by atoms with E-state index in [1.165, 1.54) is 5.69 Å². The van der Waals surface area contributed by atoms with Gasteiger partial charge in [-0.3, -0.25) is 4.68 Å². The standard InChI is InChI=1S/C12H22ClN3/c1-4-8-16-12(11(13)9-15-16)7-6-10(5-2)14-3/h9-10,14H,4-8H2,1-3H3. The van der Waals surface area contributed by atoms with Gasteiger partial charge in [0.2, 0.25) is 0 Å². The van der Waals surface area contributed by atoms with Gasteiger partial charge in [-0.2, -0.15) is 5.10 Å². The van der Waals surface area contributed by atoms with E-state index in [1.54, 1.807) is 6.20 Å². The van der Waals surface area contributed by atoms with Crippen LogP contribution < -0.4 is 5.32 Å². The zero-order valence-electron chi connectivity index (χ0n) is 10.5. The summed E-state index contributed by atoms with van der Waals surface area (Å²) in [6.07, 6.45) is 6.11. The SMILES string of the molecule is CCCn1ncc(Cl)c1CCC(CC)NC. The van der Waals surface area contributed by atoms with Crippen molar-refractivity contribution in [3.05, 3.63) is 16.9 Å². The lowest BCUT2D eigenvalue weighted by molar-refractivity contribution is 0.490. The molecule has 1 rings (SSSR count). The van der Waals surface area contributed by atoms with Crippen LogP contribution in [0.3, 0.4) is 0 Å². The second-order valence-electron chi connectivity index (χ2n) is 4.09. The highest BCUT2D eigenvalue weighted by Crippen LogP contribution is 2.18. The van der Waals surface area contributed by atoms with Crippen molar-refractivity contribution in [3.8, 4) is 0 Å². The van der Waals surface area contributed by atoms with E-state index in [4.69, 9.17) is 11.6 Å². The van der Waals surface area contributed by atoms with Crippen molar-refractivity contribution in [2.24, 2.45) is 0 Å². The molecular weight excluding hydrogens is 222 g/mol. The highest BCUT2D eigenvalue weighted by atomic mass is 35.5. The fraction of sp³-hybridized carbons (Fsp3) is 0.750. The molecule has 0 amide bonds. The lowest BCUT2D eigenvalue weighted by Gasteiger charge is -2.14. The summed E-state index contributed by atoms with van der Waals surface area (Å²) in [6.45, 7) is 5.31. The van der Waals surface area contributed by atoms with Gasteiger partial charge in [0.15, 0.2) is 0 Å². The number of nitrogens with one attached hydrogen (secondary N) is 1. The summed E-state index contributed by atoms with van der Waals surface area (Å²) >= 11 is 6.15. The lowest BCUT2D eigenvalue weighted by Crippen LogP contribution is -2.25. The molecule has 0 aliphatic rings. The summed E-state index contributed by atoms with van der Waals surface area (Å²) < 4.78 is 2.03. The van der Waals surface area contributed by atoms with E-state index < -0.39 is 0 Å². The summed E-state index contributed by atoms with van der Waals surface area (Å²) in [7, 11) is 2.01. The van der Waals surface area contributed by atoms with Gasteiger partial charge < -0.3 is 5.32 Å². The topological polar surface area (TPSA) is 29.9 Å². The van der Waals surface area contributed by atoms with Crippen LogP contribution in [0.2, 0.25) is 5.02 Å². The number of hydrogen-bond acceptors (Lipinski definition) is 2. The van der Waals surface area contributed by atoms with Gasteiger partial charge in [-0.05, 0) is 32.7 Å². The molecule has 0 bridgehead atoms. The molecule has 1 aromatic heterocycles. The van der Waals surface area contributed by atoms with Gasteiger partial charge in [0, 0.05) is 12.6 Å². The summed E-state index contributed by atoms with van der Waals surface area (Å²) in [5.74, 6) is 0. The van der Waals surface area contributed by atoms with Crippen LogP contribution in [0.15, 0.2) is 6.20 Å². The van der Waals surface area contributed by atoms with Gasteiger partial charge in [0.05, 0.1) is 16.9 Å². The molecule has 0 spiro atoms. The number of hydrogen-bond donors (Lipinski definition) is 1. The maximum atomic E-state index is 6.15. The third kappa shape index (κ3) is 3.49. The first kappa shape index (κ1) is 13.5. The van der Waals surface area contributed by atoms with Gasteiger partial charge in [0.25, 0.3) is 0 Å². The van der Waals surface area contributed by atoms with Crippen LogP contribution >= 0.6 is 11.6 Å². The molecule has 1 N–H and O–H groups in total. The maximum absolute atomic E-state index is 6.15. The normalized spacial score (nSPS) is 13.0. The zero-order valence-corrected chi connectivity index (χ0v) is 11.2. The molecule has 0 fully saturated rings. The predicted molar refractivity (Wildman–Crippen MR) is 69.0 cm³/mol. The van der Waals surface area contributed by atoms with E-state index in [1.807, 2.05) is 11.7 Å².